The Kier molecular flexibility index (Phi) is 3.22. The van der Waals surface area contributed by atoms with E-state index in [4.69, 9.17) is 9.84 Å². The minimum absolute atomic E-state index is 0.0230. The highest BCUT2D eigenvalue weighted by Crippen LogP contribution is 2.18. The van der Waals surface area contributed by atoms with E-state index in [-0.39, 0.29) is 5.92 Å². The molecule has 0 atom stereocenters. The average molecular weight is 174 g/mol. The molecule has 0 aromatic rings. The number of hydrogen-bond donors (Lipinski definition) is 1. The Bertz CT molecular complexity index is 194. The normalized spacial score (nSPS) is 20.9. The van der Waals surface area contributed by atoms with Gasteiger partial charge in [0.05, 0.1) is 0 Å². The largest absolute Gasteiger partial charge is 0.476 e. The van der Waals surface area contributed by atoms with E-state index in [2.05, 4.69) is 0 Å². The van der Waals surface area contributed by atoms with Crippen molar-refractivity contribution in [3.63, 3.8) is 0 Å². The van der Waals surface area contributed by atoms with Gasteiger partial charge in [0.2, 0.25) is 5.83 Å². The van der Waals surface area contributed by atoms with E-state index < -0.39 is 11.8 Å². The number of aliphatic carboxylic acids is 1. The lowest BCUT2D eigenvalue weighted by Crippen LogP contribution is -2.14. The third-order valence-corrected chi connectivity index (χ3v) is 1.85. The summed E-state index contributed by atoms with van der Waals surface area (Å²) in [6.45, 7) is 1.18. The summed E-state index contributed by atoms with van der Waals surface area (Å²) >= 11 is 0. The van der Waals surface area contributed by atoms with Crippen LogP contribution in [0.3, 0.4) is 0 Å². The van der Waals surface area contributed by atoms with Gasteiger partial charge < -0.3 is 9.84 Å². The Balaban J connectivity index is 2.47. The fourth-order valence-corrected chi connectivity index (χ4v) is 1.16. The van der Waals surface area contributed by atoms with Crippen LogP contribution in [0.4, 0.5) is 4.39 Å². The standard InChI is InChI=1S/C8H11FO3/c9-7(8(10)11)5-6-1-3-12-4-2-6/h5-6H,1-4H2,(H,10,11). The maximum absolute atomic E-state index is 12.5. The highest BCUT2D eigenvalue weighted by atomic mass is 19.1. The molecule has 12 heavy (non-hydrogen) atoms. The molecule has 1 aliphatic heterocycles. The number of carbonyl (C=O) groups is 1. The van der Waals surface area contributed by atoms with Crippen molar-refractivity contribution in [1.29, 1.82) is 0 Å². The van der Waals surface area contributed by atoms with Crippen molar-refractivity contribution in [1.82, 2.24) is 0 Å². The lowest BCUT2D eigenvalue weighted by Gasteiger charge is -2.18. The Morgan fingerprint density at radius 3 is 2.58 bits per heavy atom. The van der Waals surface area contributed by atoms with Gasteiger partial charge in [-0.1, -0.05) is 0 Å². The molecule has 1 aliphatic rings. The van der Waals surface area contributed by atoms with Crippen LogP contribution in [0.5, 0.6) is 0 Å². The second-order valence-electron chi connectivity index (χ2n) is 2.77. The van der Waals surface area contributed by atoms with Gasteiger partial charge in [-0.05, 0) is 24.8 Å². The Hall–Kier alpha value is -0.900. The topological polar surface area (TPSA) is 46.5 Å². The number of allylic oxidation sites excluding steroid dienone is 1. The van der Waals surface area contributed by atoms with Crippen LogP contribution in [0.15, 0.2) is 11.9 Å². The van der Waals surface area contributed by atoms with Crippen molar-refractivity contribution in [3.05, 3.63) is 11.9 Å². The van der Waals surface area contributed by atoms with Crippen LogP contribution >= 0.6 is 0 Å². The molecule has 1 saturated heterocycles. The molecule has 1 N–H and O–H groups in total. The minimum atomic E-state index is -1.48. The lowest BCUT2D eigenvalue weighted by atomic mass is 10.00. The number of carboxylic acid groups (broad SMARTS) is 1. The van der Waals surface area contributed by atoms with Gasteiger partial charge in [-0.3, -0.25) is 0 Å². The second-order valence-corrected chi connectivity index (χ2v) is 2.77. The third kappa shape index (κ3) is 2.62. The van der Waals surface area contributed by atoms with Gasteiger partial charge in [0.15, 0.2) is 0 Å². The lowest BCUT2D eigenvalue weighted by molar-refractivity contribution is -0.134. The Morgan fingerprint density at radius 1 is 1.50 bits per heavy atom. The summed E-state index contributed by atoms with van der Waals surface area (Å²) in [6, 6.07) is 0. The first-order chi connectivity index (χ1) is 5.70. The predicted octanol–water partition coefficient (Wildman–Crippen LogP) is 1.35. The van der Waals surface area contributed by atoms with Gasteiger partial charge in [-0.15, -0.1) is 0 Å². The van der Waals surface area contributed by atoms with Crippen LogP contribution in [-0.2, 0) is 9.53 Å². The van der Waals surface area contributed by atoms with Crippen LogP contribution < -0.4 is 0 Å². The maximum Gasteiger partial charge on any atom is 0.364 e. The maximum atomic E-state index is 12.5. The predicted molar refractivity (Wildman–Crippen MR) is 40.4 cm³/mol. The van der Waals surface area contributed by atoms with Crippen molar-refractivity contribution in [2.45, 2.75) is 12.8 Å². The fraction of sp³-hybridized carbons (Fsp3) is 0.625. The van der Waals surface area contributed by atoms with Crippen molar-refractivity contribution in [2.75, 3.05) is 13.2 Å². The summed E-state index contributed by atoms with van der Waals surface area (Å²) in [4.78, 5) is 10.1. The summed E-state index contributed by atoms with van der Waals surface area (Å²) in [7, 11) is 0. The number of halogens is 1. The molecule has 0 amide bonds. The molecular formula is C8H11FO3. The highest BCUT2D eigenvalue weighted by molar-refractivity contribution is 5.83. The molecule has 68 valence electrons. The van der Waals surface area contributed by atoms with Gasteiger partial charge in [-0.25, -0.2) is 4.79 Å². The number of hydrogen-bond acceptors (Lipinski definition) is 2. The van der Waals surface area contributed by atoms with Crippen molar-refractivity contribution < 1.29 is 19.0 Å². The molecule has 0 unspecified atom stereocenters. The molecule has 4 heteroatoms. The van der Waals surface area contributed by atoms with Gasteiger partial charge in [-0.2, -0.15) is 4.39 Å². The van der Waals surface area contributed by atoms with E-state index in [1.54, 1.807) is 0 Å². The number of rotatable bonds is 2. The van der Waals surface area contributed by atoms with Crippen molar-refractivity contribution in [3.8, 4) is 0 Å². The molecule has 0 saturated carbocycles. The van der Waals surface area contributed by atoms with E-state index in [9.17, 15) is 9.18 Å². The van der Waals surface area contributed by atoms with E-state index in [0.717, 1.165) is 0 Å². The van der Waals surface area contributed by atoms with Crippen LogP contribution in [0.25, 0.3) is 0 Å². The third-order valence-electron chi connectivity index (χ3n) is 1.85. The van der Waals surface area contributed by atoms with Crippen LogP contribution in [0.2, 0.25) is 0 Å². The van der Waals surface area contributed by atoms with E-state index in [0.29, 0.717) is 26.1 Å². The van der Waals surface area contributed by atoms with E-state index >= 15 is 0 Å². The van der Waals surface area contributed by atoms with Crippen LogP contribution in [0.1, 0.15) is 12.8 Å². The molecule has 0 aromatic carbocycles. The first kappa shape index (κ1) is 9.19. The molecule has 1 rings (SSSR count). The molecule has 1 heterocycles. The first-order valence-corrected chi connectivity index (χ1v) is 3.88. The summed E-state index contributed by atoms with van der Waals surface area (Å²) in [5, 5.41) is 8.24. The van der Waals surface area contributed by atoms with Gasteiger partial charge >= 0.3 is 5.97 Å². The fourth-order valence-electron chi connectivity index (χ4n) is 1.16. The zero-order valence-corrected chi connectivity index (χ0v) is 6.62. The molecule has 1 fully saturated rings. The van der Waals surface area contributed by atoms with E-state index in [1.807, 2.05) is 0 Å². The second kappa shape index (κ2) is 4.21. The highest BCUT2D eigenvalue weighted by Gasteiger charge is 2.14. The zero-order chi connectivity index (χ0) is 8.97. The van der Waals surface area contributed by atoms with Crippen molar-refractivity contribution in [2.24, 2.45) is 5.92 Å². The Morgan fingerprint density at radius 2 is 2.08 bits per heavy atom. The Labute approximate surface area is 69.8 Å². The molecule has 0 spiro atoms. The average Bonchev–Trinajstić information content (AvgIpc) is 2.06. The summed E-state index contributed by atoms with van der Waals surface area (Å²) in [5.41, 5.74) is 0. The molecule has 3 nitrogen and oxygen atoms in total. The van der Waals surface area contributed by atoms with Crippen molar-refractivity contribution >= 4 is 5.97 Å². The molecular weight excluding hydrogens is 163 g/mol. The van der Waals surface area contributed by atoms with Crippen LogP contribution in [-0.4, -0.2) is 24.3 Å². The zero-order valence-electron chi connectivity index (χ0n) is 6.62. The van der Waals surface area contributed by atoms with Gasteiger partial charge in [0.1, 0.15) is 0 Å². The number of ether oxygens (including phenoxy) is 1. The van der Waals surface area contributed by atoms with Gasteiger partial charge in [0.25, 0.3) is 0 Å². The SMILES string of the molecule is O=C(O)C(F)=CC1CCOCC1. The summed E-state index contributed by atoms with van der Waals surface area (Å²) in [5.74, 6) is -2.52. The van der Waals surface area contributed by atoms with E-state index in [1.165, 1.54) is 6.08 Å². The first-order valence-electron chi connectivity index (χ1n) is 3.88. The monoisotopic (exact) mass is 174 g/mol. The molecule has 0 aliphatic carbocycles. The minimum Gasteiger partial charge on any atom is -0.476 e. The summed E-state index contributed by atoms with van der Waals surface area (Å²) < 4.78 is 17.6. The van der Waals surface area contributed by atoms with Crippen LogP contribution in [0, 0.1) is 5.92 Å². The molecule has 0 aromatic heterocycles. The summed E-state index contributed by atoms with van der Waals surface area (Å²) in [6.07, 6.45) is 2.59. The molecule has 0 radical (unpaired) electrons. The smallest absolute Gasteiger partial charge is 0.364 e. The van der Waals surface area contributed by atoms with Gasteiger partial charge in [0, 0.05) is 13.2 Å². The number of carboxylic acids is 1. The molecule has 0 bridgehead atoms. The quantitative estimate of drug-likeness (QED) is 0.643.